The fraction of sp³-hybridized carbons (Fsp3) is 0.167. The fourth-order valence-electron chi connectivity index (χ4n) is 2.66. The van der Waals surface area contributed by atoms with Gasteiger partial charge in [0.05, 0.1) is 30.3 Å². The van der Waals surface area contributed by atoms with E-state index in [1.807, 2.05) is 0 Å². The second-order valence-electron chi connectivity index (χ2n) is 5.28. The van der Waals surface area contributed by atoms with E-state index in [1.165, 1.54) is 31.4 Å². The van der Waals surface area contributed by atoms with E-state index in [4.69, 9.17) is 13.9 Å². The second kappa shape index (κ2) is 6.83. The van der Waals surface area contributed by atoms with Crippen LogP contribution in [0.5, 0.6) is 5.75 Å². The number of methoxy groups -OCH3 is 1. The van der Waals surface area contributed by atoms with Crippen molar-refractivity contribution < 1.29 is 28.0 Å². The van der Waals surface area contributed by atoms with Crippen LogP contribution in [-0.2, 0) is 4.74 Å². The molecule has 1 heterocycles. The summed E-state index contributed by atoms with van der Waals surface area (Å²) in [6.07, 6.45) is 0. The lowest BCUT2D eigenvalue weighted by Crippen LogP contribution is -2.05. The van der Waals surface area contributed by atoms with Crippen molar-refractivity contribution in [3.8, 4) is 17.1 Å². The molecule has 3 rings (SSSR count). The first-order valence-electron chi connectivity index (χ1n) is 7.68. The summed E-state index contributed by atoms with van der Waals surface area (Å²) in [5.41, 5.74) is -0.239. The van der Waals surface area contributed by atoms with E-state index in [1.54, 1.807) is 13.0 Å². The lowest BCUT2D eigenvalue weighted by atomic mass is 10.0. The number of nitro benzene ring substituents is 1. The third-order valence-corrected chi connectivity index (χ3v) is 3.78. The molecule has 0 saturated carbocycles. The molecule has 0 aliphatic rings. The normalized spacial score (nSPS) is 10.7. The Labute approximate surface area is 147 Å². The van der Waals surface area contributed by atoms with Crippen LogP contribution in [0, 0.1) is 15.9 Å². The zero-order chi connectivity index (χ0) is 18.8. The third kappa shape index (κ3) is 2.85. The highest BCUT2D eigenvalue weighted by Gasteiger charge is 2.28. The third-order valence-electron chi connectivity index (χ3n) is 3.78. The molecule has 7 nitrogen and oxygen atoms in total. The molecule has 0 saturated heterocycles. The first-order chi connectivity index (χ1) is 12.5. The smallest absolute Gasteiger partial charge is 0.342 e. The summed E-state index contributed by atoms with van der Waals surface area (Å²) in [6, 6.07) is 8.21. The summed E-state index contributed by atoms with van der Waals surface area (Å²) in [5, 5.41) is 11.4. The summed E-state index contributed by atoms with van der Waals surface area (Å²) in [7, 11) is 1.27. The van der Waals surface area contributed by atoms with E-state index >= 15 is 0 Å². The number of furan rings is 1. The Morgan fingerprint density at radius 1 is 1.31 bits per heavy atom. The van der Waals surface area contributed by atoms with Crippen molar-refractivity contribution in [1.29, 1.82) is 0 Å². The van der Waals surface area contributed by atoms with Crippen molar-refractivity contribution in [3.63, 3.8) is 0 Å². The molecule has 134 valence electrons. The molecule has 1 aromatic heterocycles. The Bertz CT molecular complexity index is 1010. The molecule has 0 atom stereocenters. The maximum absolute atomic E-state index is 14.2. The van der Waals surface area contributed by atoms with E-state index in [-0.39, 0.29) is 45.9 Å². The van der Waals surface area contributed by atoms with Crippen LogP contribution in [0.1, 0.15) is 17.3 Å². The Balaban J connectivity index is 2.37. The zero-order valence-electron chi connectivity index (χ0n) is 13.9. The number of carbonyl (C=O) groups excluding carboxylic acids is 1. The number of ether oxygens (including phenoxy) is 2. The van der Waals surface area contributed by atoms with Gasteiger partial charge in [0.2, 0.25) is 0 Å². The van der Waals surface area contributed by atoms with Crippen molar-refractivity contribution >= 4 is 22.6 Å². The summed E-state index contributed by atoms with van der Waals surface area (Å²) in [6.45, 7) is 1.74. The minimum atomic E-state index is -0.722. The lowest BCUT2D eigenvalue weighted by molar-refractivity contribution is -0.385. The van der Waals surface area contributed by atoms with Gasteiger partial charge in [-0.1, -0.05) is 12.1 Å². The molecule has 0 bridgehead atoms. The summed E-state index contributed by atoms with van der Waals surface area (Å²) in [4.78, 5) is 23.0. The minimum absolute atomic E-state index is 0.0138. The van der Waals surface area contributed by atoms with Crippen LogP contribution >= 0.6 is 0 Å². The first-order valence-corrected chi connectivity index (χ1v) is 7.68. The number of halogens is 1. The van der Waals surface area contributed by atoms with Gasteiger partial charge in [0, 0.05) is 5.39 Å². The van der Waals surface area contributed by atoms with Crippen molar-refractivity contribution in [3.05, 3.63) is 57.9 Å². The van der Waals surface area contributed by atoms with Gasteiger partial charge in [-0.15, -0.1) is 0 Å². The molecule has 0 fully saturated rings. The summed E-state index contributed by atoms with van der Waals surface area (Å²) < 4.78 is 30.0. The van der Waals surface area contributed by atoms with Crippen LogP contribution in [0.25, 0.3) is 22.3 Å². The second-order valence-corrected chi connectivity index (χ2v) is 5.28. The highest BCUT2D eigenvalue weighted by atomic mass is 19.1. The molecule has 0 unspecified atom stereocenters. The van der Waals surface area contributed by atoms with Crippen molar-refractivity contribution in [1.82, 2.24) is 0 Å². The number of benzene rings is 2. The van der Waals surface area contributed by atoms with Crippen LogP contribution in [0.3, 0.4) is 0 Å². The van der Waals surface area contributed by atoms with Gasteiger partial charge in [0.15, 0.2) is 11.5 Å². The van der Waals surface area contributed by atoms with E-state index in [0.717, 1.165) is 6.07 Å². The van der Waals surface area contributed by atoms with Crippen LogP contribution in [0.2, 0.25) is 0 Å². The Hall–Kier alpha value is -3.42. The molecule has 0 amide bonds. The van der Waals surface area contributed by atoms with Gasteiger partial charge in [-0.2, -0.15) is 0 Å². The molecule has 0 aliphatic carbocycles. The van der Waals surface area contributed by atoms with Gasteiger partial charge >= 0.3 is 11.7 Å². The molecule has 8 heteroatoms. The molecule has 3 aromatic rings. The standard InChI is InChI=1S/C18H14FNO6/c1-3-25-18(21)16-11-8-15(24-2)13(20(22)23)9-14(11)26-17(16)10-6-4-5-7-12(10)19/h4-9H,3H2,1-2H3. The van der Waals surface area contributed by atoms with Crippen molar-refractivity contribution in [2.75, 3.05) is 13.7 Å². The molecule has 0 aliphatic heterocycles. The van der Waals surface area contributed by atoms with Gasteiger partial charge in [-0.05, 0) is 25.1 Å². The van der Waals surface area contributed by atoms with Gasteiger partial charge < -0.3 is 13.9 Å². The maximum Gasteiger partial charge on any atom is 0.342 e. The molecule has 0 N–H and O–H groups in total. The minimum Gasteiger partial charge on any atom is -0.490 e. The number of nitro groups is 1. The first kappa shape index (κ1) is 17.4. The van der Waals surface area contributed by atoms with Gasteiger partial charge in [-0.3, -0.25) is 10.1 Å². The number of hydrogen-bond acceptors (Lipinski definition) is 6. The van der Waals surface area contributed by atoms with Crippen LogP contribution in [0.15, 0.2) is 40.8 Å². The van der Waals surface area contributed by atoms with Crippen LogP contribution < -0.4 is 4.74 Å². The van der Waals surface area contributed by atoms with Crippen LogP contribution in [0.4, 0.5) is 10.1 Å². The molecule has 26 heavy (non-hydrogen) atoms. The number of nitrogens with zero attached hydrogens (tertiary/aromatic N) is 1. The predicted molar refractivity (Wildman–Crippen MR) is 90.8 cm³/mol. The number of fused-ring (bicyclic) bond motifs is 1. The quantitative estimate of drug-likeness (QED) is 0.382. The van der Waals surface area contributed by atoms with Gasteiger partial charge in [-0.25, -0.2) is 9.18 Å². The predicted octanol–water partition coefficient (Wildman–Crippen LogP) is 4.33. The lowest BCUT2D eigenvalue weighted by Gasteiger charge is -2.05. The van der Waals surface area contributed by atoms with Crippen molar-refractivity contribution in [2.24, 2.45) is 0 Å². The topological polar surface area (TPSA) is 91.8 Å². The van der Waals surface area contributed by atoms with Gasteiger partial charge in [0.1, 0.15) is 17.0 Å². The average molecular weight is 359 g/mol. The van der Waals surface area contributed by atoms with E-state index < -0.39 is 16.7 Å². The number of carbonyl (C=O) groups is 1. The average Bonchev–Trinajstić information content (AvgIpc) is 2.99. The Morgan fingerprint density at radius 2 is 2.04 bits per heavy atom. The fourth-order valence-corrected chi connectivity index (χ4v) is 2.66. The van der Waals surface area contributed by atoms with Crippen molar-refractivity contribution in [2.45, 2.75) is 6.92 Å². The Kier molecular flexibility index (Phi) is 4.57. The number of hydrogen-bond donors (Lipinski definition) is 0. The largest absolute Gasteiger partial charge is 0.490 e. The molecular weight excluding hydrogens is 345 g/mol. The van der Waals surface area contributed by atoms with E-state index in [9.17, 15) is 19.3 Å². The number of esters is 1. The molecule has 2 aromatic carbocycles. The Morgan fingerprint density at radius 3 is 2.65 bits per heavy atom. The SMILES string of the molecule is CCOC(=O)c1c(-c2ccccc2F)oc2cc([N+](=O)[O-])c(OC)cc12. The summed E-state index contributed by atoms with van der Waals surface area (Å²) >= 11 is 0. The molecule has 0 spiro atoms. The highest BCUT2D eigenvalue weighted by molar-refractivity contribution is 6.09. The zero-order valence-corrected chi connectivity index (χ0v) is 13.9. The highest BCUT2D eigenvalue weighted by Crippen LogP contribution is 2.40. The summed E-state index contributed by atoms with van der Waals surface area (Å²) in [5.74, 6) is -1.42. The van der Waals surface area contributed by atoms with Crippen LogP contribution in [-0.4, -0.2) is 24.6 Å². The maximum atomic E-state index is 14.2. The monoisotopic (exact) mass is 359 g/mol. The number of rotatable bonds is 5. The van der Waals surface area contributed by atoms with Gasteiger partial charge in [0.25, 0.3) is 0 Å². The molecule has 0 radical (unpaired) electrons. The van der Waals surface area contributed by atoms with E-state index in [0.29, 0.717) is 0 Å². The molecular formula is C18H14FNO6. The van der Waals surface area contributed by atoms with E-state index in [2.05, 4.69) is 0 Å².